The second-order valence-corrected chi connectivity index (χ2v) is 6.14. The number of rotatable bonds is 7. The molecule has 118 valence electrons. The van der Waals surface area contributed by atoms with Crippen LogP contribution in [0.25, 0.3) is 0 Å². The van der Waals surface area contributed by atoms with Crippen LogP contribution >= 0.6 is 0 Å². The van der Waals surface area contributed by atoms with Crippen LogP contribution < -0.4 is 0 Å². The van der Waals surface area contributed by atoms with Gasteiger partial charge in [-0.15, -0.1) is 0 Å². The van der Waals surface area contributed by atoms with E-state index in [0.717, 1.165) is 17.7 Å². The van der Waals surface area contributed by atoms with Crippen LogP contribution in [0.1, 0.15) is 31.1 Å². The molecule has 0 bridgehead atoms. The largest absolute Gasteiger partial charge is 0.387 e. The van der Waals surface area contributed by atoms with Crippen LogP contribution in [0, 0.1) is 11.7 Å². The van der Waals surface area contributed by atoms with E-state index in [9.17, 15) is 9.50 Å². The van der Waals surface area contributed by atoms with Gasteiger partial charge in [0.25, 0.3) is 0 Å². The van der Waals surface area contributed by atoms with Gasteiger partial charge in [0, 0.05) is 19.6 Å². The first kappa shape index (κ1) is 16.7. The molecule has 0 saturated heterocycles. The molecule has 1 atom stereocenters. The molecule has 1 unspecified atom stereocenters. The maximum atomic E-state index is 13.0. The van der Waals surface area contributed by atoms with Crippen molar-refractivity contribution in [1.29, 1.82) is 0 Å². The molecule has 2 nitrogen and oxygen atoms in total. The zero-order valence-corrected chi connectivity index (χ0v) is 13.2. The van der Waals surface area contributed by atoms with E-state index in [1.54, 1.807) is 12.1 Å². The molecular weight excluding hydrogens is 277 g/mol. The van der Waals surface area contributed by atoms with Crippen molar-refractivity contribution < 1.29 is 9.50 Å². The van der Waals surface area contributed by atoms with Gasteiger partial charge in [0.05, 0.1) is 6.10 Å². The Hall–Kier alpha value is -1.71. The summed E-state index contributed by atoms with van der Waals surface area (Å²) in [4.78, 5) is 2.22. The quantitative estimate of drug-likeness (QED) is 0.835. The highest BCUT2D eigenvalue weighted by Crippen LogP contribution is 2.17. The van der Waals surface area contributed by atoms with Crippen LogP contribution in [-0.4, -0.2) is 23.1 Å². The molecule has 0 radical (unpaired) electrons. The van der Waals surface area contributed by atoms with Gasteiger partial charge in [-0.25, -0.2) is 4.39 Å². The molecule has 0 spiro atoms. The standard InChI is InChI=1S/C19H24FNO/c1-15(2)12-21(13-16-8-10-18(20)11-9-16)14-19(22)17-6-4-3-5-7-17/h3-11,15,19,22H,12-14H2,1-2H3. The Labute approximate surface area is 132 Å². The van der Waals surface area contributed by atoms with Crippen molar-refractivity contribution in [3.63, 3.8) is 0 Å². The molecule has 0 saturated carbocycles. The molecule has 0 heterocycles. The predicted octanol–water partition coefficient (Wildman–Crippen LogP) is 4.02. The third kappa shape index (κ3) is 5.24. The van der Waals surface area contributed by atoms with Gasteiger partial charge in [-0.2, -0.15) is 0 Å². The summed E-state index contributed by atoms with van der Waals surface area (Å²) in [5, 5.41) is 10.4. The van der Waals surface area contributed by atoms with Crippen LogP contribution in [0.2, 0.25) is 0 Å². The first-order valence-electron chi connectivity index (χ1n) is 7.74. The van der Waals surface area contributed by atoms with Gasteiger partial charge in [-0.05, 0) is 29.2 Å². The predicted molar refractivity (Wildman–Crippen MR) is 87.9 cm³/mol. The average molecular weight is 301 g/mol. The van der Waals surface area contributed by atoms with E-state index in [0.29, 0.717) is 19.0 Å². The Bertz CT molecular complexity index is 553. The molecule has 22 heavy (non-hydrogen) atoms. The van der Waals surface area contributed by atoms with Crippen LogP contribution in [-0.2, 0) is 6.54 Å². The molecule has 3 heteroatoms. The van der Waals surface area contributed by atoms with Gasteiger partial charge < -0.3 is 5.11 Å². The smallest absolute Gasteiger partial charge is 0.123 e. The van der Waals surface area contributed by atoms with E-state index in [1.165, 1.54) is 12.1 Å². The first-order valence-corrected chi connectivity index (χ1v) is 7.74. The van der Waals surface area contributed by atoms with Crippen molar-refractivity contribution >= 4 is 0 Å². The fraction of sp³-hybridized carbons (Fsp3) is 0.368. The summed E-state index contributed by atoms with van der Waals surface area (Å²) in [6.07, 6.45) is -0.514. The third-order valence-corrected chi connectivity index (χ3v) is 3.56. The van der Waals surface area contributed by atoms with Crippen molar-refractivity contribution in [3.05, 3.63) is 71.5 Å². The van der Waals surface area contributed by atoms with Crippen LogP contribution in [0.3, 0.4) is 0 Å². The van der Waals surface area contributed by atoms with Crippen LogP contribution in [0.5, 0.6) is 0 Å². The SMILES string of the molecule is CC(C)CN(Cc1ccc(F)cc1)CC(O)c1ccccc1. The fourth-order valence-corrected chi connectivity index (χ4v) is 2.59. The zero-order valence-electron chi connectivity index (χ0n) is 13.2. The Morgan fingerprint density at radius 2 is 1.59 bits per heavy atom. The van der Waals surface area contributed by atoms with E-state index in [1.807, 2.05) is 30.3 Å². The number of hydrogen-bond acceptors (Lipinski definition) is 2. The van der Waals surface area contributed by atoms with E-state index >= 15 is 0 Å². The molecule has 0 amide bonds. The fourth-order valence-electron chi connectivity index (χ4n) is 2.59. The van der Waals surface area contributed by atoms with Crippen molar-refractivity contribution in [3.8, 4) is 0 Å². The summed E-state index contributed by atoms with van der Waals surface area (Å²) in [5.74, 6) is 0.284. The molecular formula is C19H24FNO. The minimum Gasteiger partial charge on any atom is -0.387 e. The highest BCUT2D eigenvalue weighted by molar-refractivity contribution is 5.18. The number of halogens is 1. The van der Waals surface area contributed by atoms with Crippen molar-refractivity contribution in [1.82, 2.24) is 4.90 Å². The zero-order chi connectivity index (χ0) is 15.9. The lowest BCUT2D eigenvalue weighted by Gasteiger charge is -2.27. The Morgan fingerprint density at radius 1 is 0.955 bits per heavy atom. The van der Waals surface area contributed by atoms with Crippen LogP contribution in [0.15, 0.2) is 54.6 Å². The molecule has 0 aliphatic rings. The first-order chi connectivity index (χ1) is 10.5. The summed E-state index contributed by atoms with van der Waals surface area (Å²) in [6, 6.07) is 16.3. The molecule has 1 N–H and O–H groups in total. The minimum atomic E-state index is -0.514. The molecule has 0 fully saturated rings. The molecule has 2 aromatic rings. The van der Waals surface area contributed by atoms with Gasteiger partial charge in [-0.3, -0.25) is 4.90 Å². The normalized spacial score (nSPS) is 12.8. The number of nitrogens with zero attached hydrogens (tertiary/aromatic N) is 1. The Balaban J connectivity index is 2.04. The molecule has 0 aliphatic heterocycles. The van der Waals surface area contributed by atoms with Crippen molar-refractivity contribution in [2.45, 2.75) is 26.5 Å². The van der Waals surface area contributed by atoms with E-state index in [2.05, 4.69) is 18.7 Å². The lowest BCUT2D eigenvalue weighted by molar-refractivity contribution is 0.102. The summed E-state index contributed by atoms with van der Waals surface area (Å²) in [7, 11) is 0. The molecule has 0 aromatic heterocycles. The summed E-state index contributed by atoms with van der Waals surface area (Å²) in [6.45, 7) is 6.49. The van der Waals surface area contributed by atoms with Gasteiger partial charge >= 0.3 is 0 Å². The van der Waals surface area contributed by atoms with Gasteiger partial charge in [0.15, 0.2) is 0 Å². The highest BCUT2D eigenvalue weighted by Gasteiger charge is 2.15. The lowest BCUT2D eigenvalue weighted by Crippen LogP contribution is -2.31. The number of hydrogen-bond donors (Lipinski definition) is 1. The second-order valence-electron chi connectivity index (χ2n) is 6.14. The van der Waals surface area contributed by atoms with E-state index in [-0.39, 0.29) is 5.82 Å². The van der Waals surface area contributed by atoms with Crippen molar-refractivity contribution in [2.75, 3.05) is 13.1 Å². The highest BCUT2D eigenvalue weighted by atomic mass is 19.1. The van der Waals surface area contributed by atoms with Gasteiger partial charge in [0.1, 0.15) is 5.82 Å². The number of aliphatic hydroxyl groups excluding tert-OH is 1. The number of benzene rings is 2. The summed E-state index contributed by atoms with van der Waals surface area (Å²) < 4.78 is 13.0. The number of aliphatic hydroxyl groups is 1. The average Bonchev–Trinajstić information content (AvgIpc) is 2.50. The molecule has 0 aliphatic carbocycles. The Kier molecular flexibility index (Phi) is 6.10. The molecule has 2 rings (SSSR count). The third-order valence-electron chi connectivity index (χ3n) is 3.56. The van der Waals surface area contributed by atoms with E-state index in [4.69, 9.17) is 0 Å². The van der Waals surface area contributed by atoms with Crippen LogP contribution in [0.4, 0.5) is 4.39 Å². The Morgan fingerprint density at radius 3 is 2.18 bits per heavy atom. The maximum Gasteiger partial charge on any atom is 0.123 e. The monoisotopic (exact) mass is 301 g/mol. The molecule has 2 aromatic carbocycles. The second kappa shape index (κ2) is 8.06. The minimum absolute atomic E-state index is 0.219. The maximum absolute atomic E-state index is 13.0. The topological polar surface area (TPSA) is 23.5 Å². The van der Waals surface area contributed by atoms with Crippen molar-refractivity contribution in [2.24, 2.45) is 5.92 Å². The van der Waals surface area contributed by atoms with E-state index < -0.39 is 6.10 Å². The van der Waals surface area contributed by atoms with Gasteiger partial charge in [0.2, 0.25) is 0 Å². The lowest BCUT2D eigenvalue weighted by atomic mass is 10.1. The summed E-state index contributed by atoms with van der Waals surface area (Å²) in [5.41, 5.74) is 1.98. The van der Waals surface area contributed by atoms with Gasteiger partial charge in [-0.1, -0.05) is 56.3 Å². The summed E-state index contributed by atoms with van der Waals surface area (Å²) >= 11 is 0.